The van der Waals surface area contributed by atoms with Crippen molar-refractivity contribution in [2.24, 2.45) is 0 Å². The topological polar surface area (TPSA) is 15.3 Å². The van der Waals surface area contributed by atoms with Gasteiger partial charge in [-0.05, 0) is 49.9 Å². The molecule has 1 aromatic carbocycles. The minimum atomic E-state index is 0.229. The number of nitrogens with zero attached hydrogens (tertiary/aromatic N) is 1. The molecular weight excluding hydrogens is 232 g/mol. The molecule has 1 N–H and O–H groups in total. The van der Waals surface area contributed by atoms with Crippen molar-refractivity contribution in [1.82, 2.24) is 5.32 Å². The van der Waals surface area contributed by atoms with Crippen molar-refractivity contribution in [3.8, 4) is 0 Å². The molecule has 0 aliphatic carbocycles. The van der Waals surface area contributed by atoms with E-state index in [0.717, 1.165) is 19.6 Å². The third kappa shape index (κ3) is 3.30. The van der Waals surface area contributed by atoms with E-state index in [1.807, 2.05) is 0 Å². The van der Waals surface area contributed by atoms with E-state index in [0.29, 0.717) is 0 Å². The molecule has 2 rings (SSSR count). The smallest absolute Gasteiger partial charge is 0.0371 e. The summed E-state index contributed by atoms with van der Waals surface area (Å²) in [5.74, 6) is 0. The Kier molecular flexibility index (Phi) is 3.91. The highest BCUT2D eigenvalue weighted by molar-refractivity contribution is 5.51. The molecule has 0 atom stereocenters. The Morgan fingerprint density at radius 2 is 1.68 bits per heavy atom. The van der Waals surface area contributed by atoms with Gasteiger partial charge in [0.1, 0.15) is 0 Å². The quantitative estimate of drug-likeness (QED) is 0.830. The summed E-state index contributed by atoms with van der Waals surface area (Å²) in [5.41, 5.74) is 3.21. The van der Waals surface area contributed by atoms with Gasteiger partial charge in [-0.15, -0.1) is 0 Å². The normalized spacial score (nSPS) is 20.2. The van der Waals surface area contributed by atoms with Crippen molar-refractivity contribution in [3.63, 3.8) is 0 Å². The third-order valence-electron chi connectivity index (χ3n) is 4.20. The van der Waals surface area contributed by atoms with E-state index in [1.165, 1.54) is 17.7 Å². The molecule has 2 heteroatoms. The standard InChI is InChI=1S/C17H28N2/c1-16(2,3)14-6-8-15(9-7-14)19-13-12-18-11-10-17(19,4)5/h6-9,18H,10-13H2,1-5H3. The lowest BCUT2D eigenvalue weighted by molar-refractivity contribution is 0.454. The fourth-order valence-corrected chi connectivity index (χ4v) is 2.77. The zero-order valence-electron chi connectivity index (χ0n) is 13.1. The van der Waals surface area contributed by atoms with E-state index in [1.54, 1.807) is 0 Å². The fraction of sp³-hybridized carbons (Fsp3) is 0.647. The van der Waals surface area contributed by atoms with Gasteiger partial charge in [-0.1, -0.05) is 32.9 Å². The Balaban J connectivity index is 2.25. The number of anilines is 1. The molecule has 19 heavy (non-hydrogen) atoms. The number of benzene rings is 1. The van der Waals surface area contributed by atoms with E-state index in [4.69, 9.17) is 0 Å². The Labute approximate surface area is 118 Å². The molecule has 106 valence electrons. The summed E-state index contributed by atoms with van der Waals surface area (Å²) in [6, 6.07) is 9.13. The van der Waals surface area contributed by atoms with Gasteiger partial charge in [-0.3, -0.25) is 0 Å². The van der Waals surface area contributed by atoms with Crippen LogP contribution < -0.4 is 10.2 Å². The molecule has 0 saturated carbocycles. The highest BCUT2D eigenvalue weighted by Gasteiger charge is 2.28. The fourth-order valence-electron chi connectivity index (χ4n) is 2.77. The monoisotopic (exact) mass is 260 g/mol. The van der Waals surface area contributed by atoms with Crippen molar-refractivity contribution in [3.05, 3.63) is 29.8 Å². The number of hydrogen-bond acceptors (Lipinski definition) is 2. The highest BCUT2D eigenvalue weighted by Crippen LogP contribution is 2.30. The van der Waals surface area contributed by atoms with Gasteiger partial charge in [0.25, 0.3) is 0 Å². The first-order valence-corrected chi connectivity index (χ1v) is 7.40. The lowest BCUT2D eigenvalue weighted by Gasteiger charge is -2.39. The minimum absolute atomic E-state index is 0.229. The number of rotatable bonds is 1. The van der Waals surface area contributed by atoms with Gasteiger partial charge in [-0.2, -0.15) is 0 Å². The molecule has 1 aromatic rings. The van der Waals surface area contributed by atoms with Crippen LogP contribution >= 0.6 is 0 Å². The average molecular weight is 260 g/mol. The number of nitrogens with one attached hydrogen (secondary N) is 1. The zero-order chi connectivity index (χ0) is 14.1. The maximum atomic E-state index is 3.50. The van der Waals surface area contributed by atoms with Crippen LogP contribution in [-0.4, -0.2) is 25.2 Å². The van der Waals surface area contributed by atoms with Crippen LogP contribution in [0.15, 0.2) is 24.3 Å². The first-order chi connectivity index (χ1) is 8.81. The summed E-state index contributed by atoms with van der Waals surface area (Å²) in [4.78, 5) is 2.54. The molecule has 1 fully saturated rings. The molecule has 1 heterocycles. The van der Waals surface area contributed by atoms with Crippen molar-refractivity contribution < 1.29 is 0 Å². The van der Waals surface area contributed by atoms with Crippen LogP contribution in [0.25, 0.3) is 0 Å². The van der Waals surface area contributed by atoms with Crippen molar-refractivity contribution in [2.75, 3.05) is 24.5 Å². The van der Waals surface area contributed by atoms with Crippen molar-refractivity contribution in [1.29, 1.82) is 0 Å². The second kappa shape index (κ2) is 5.16. The van der Waals surface area contributed by atoms with Gasteiger partial charge < -0.3 is 10.2 Å². The summed E-state index contributed by atoms with van der Waals surface area (Å²) in [7, 11) is 0. The zero-order valence-corrected chi connectivity index (χ0v) is 13.1. The van der Waals surface area contributed by atoms with Gasteiger partial charge >= 0.3 is 0 Å². The maximum Gasteiger partial charge on any atom is 0.0371 e. The summed E-state index contributed by atoms with van der Waals surface area (Å²) in [6.45, 7) is 14.8. The van der Waals surface area contributed by atoms with Gasteiger partial charge in [0.15, 0.2) is 0 Å². The third-order valence-corrected chi connectivity index (χ3v) is 4.20. The largest absolute Gasteiger partial charge is 0.365 e. The van der Waals surface area contributed by atoms with E-state index in [2.05, 4.69) is 69.1 Å². The second-order valence-corrected chi connectivity index (χ2v) is 7.26. The van der Waals surface area contributed by atoms with Crippen LogP contribution in [0, 0.1) is 0 Å². The van der Waals surface area contributed by atoms with E-state index in [9.17, 15) is 0 Å². The molecule has 2 nitrogen and oxygen atoms in total. The molecule has 0 bridgehead atoms. The van der Waals surface area contributed by atoms with Crippen LogP contribution in [0.5, 0.6) is 0 Å². The Morgan fingerprint density at radius 3 is 2.26 bits per heavy atom. The van der Waals surface area contributed by atoms with Crippen LogP contribution in [0.1, 0.15) is 46.6 Å². The SMILES string of the molecule is CC(C)(C)c1ccc(N2CCNCCC2(C)C)cc1. The maximum absolute atomic E-state index is 3.50. The van der Waals surface area contributed by atoms with Crippen molar-refractivity contribution in [2.45, 2.75) is 52.0 Å². The first-order valence-electron chi connectivity index (χ1n) is 7.40. The summed E-state index contributed by atoms with van der Waals surface area (Å²) in [6.07, 6.45) is 1.19. The van der Waals surface area contributed by atoms with Crippen molar-refractivity contribution >= 4 is 5.69 Å². The van der Waals surface area contributed by atoms with Crippen LogP contribution in [0.3, 0.4) is 0 Å². The molecule has 0 radical (unpaired) electrons. The van der Waals surface area contributed by atoms with Crippen LogP contribution in [0.2, 0.25) is 0 Å². The number of hydrogen-bond donors (Lipinski definition) is 1. The van der Waals surface area contributed by atoms with Crippen LogP contribution in [0.4, 0.5) is 5.69 Å². The molecule has 0 aromatic heterocycles. The highest BCUT2D eigenvalue weighted by atomic mass is 15.2. The van der Waals surface area contributed by atoms with Gasteiger partial charge in [0.05, 0.1) is 0 Å². The van der Waals surface area contributed by atoms with E-state index in [-0.39, 0.29) is 11.0 Å². The molecular formula is C17H28N2. The lowest BCUT2D eigenvalue weighted by Crippen LogP contribution is -2.44. The Bertz CT molecular complexity index is 412. The second-order valence-electron chi connectivity index (χ2n) is 7.26. The predicted octanol–water partition coefficient (Wildman–Crippen LogP) is 3.56. The minimum Gasteiger partial charge on any atom is -0.365 e. The van der Waals surface area contributed by atoms with E-state index < -0.39 is 0 Å². The molecule has 1 saturated heterocycles. The van der Waals surface area contributed by atoms with Gasteiger partial charge in [0, 0.05) is 24.3 Å². The lowest BCUT2D eigenvalue weighted by atomic mass is 9.87. The molecule has 1 aliphatic rings. The van der Waals surface area contributed by atoms with Gasteiger partial charge in [-0.25, -0.2) is 0 Å². The first kappa shape index (κ1) is 14.4. The summed E-state index contributed by atoms with van der Waals surface area (Å²) in [5, 5.41) is 3.50. The molecule has 0 amide bonds. The summed E-state index contributed by atoms with van der Waals surface area (Å²) >= 11 is 0. The van der Waals surface area contributed by atoms with Crippen LogP contribution in [-0.2, 0) is 5.41 Å². The Hall–Kier alpha value is -1.02. The van der Waals surface area contributed by atoms with Gasteiger partial charge in [0.2, 0.25) is 0 Å². The Morgan fingerprint density at radius 1 is 1.05 bits per heavy atom. The molecule has 1 aliphatic heterocycles. The van der Waals surface area contributed by atoms with E-state index >= 15 is 0 Å². The predicted molar refractivity (Wildman–Crippen MR) is 84.1 cm³/mol. The molecule has 0 spiro atoms. The summed E-state index contributed by atoms with van der Waals surface area (Å²) < 4.78 is 0. The molecule has 0 unspecified atom stereocenters. The average Bonchev–Trinajstić information content (AvgIpc) is 2.49.